The molecular weight excluding hydrogens is 128 g/mol. The SMILES string of the molecule is NCN1CN2CCCN2C1. The number of hydrazine groups is 1. The maximum Gasteiger partial charge on any atom is 0.0671 e. The minimum Gasteiger partial charge on any atom is -0.318 e. The van der Waals surface area contributed by atoms with Crippen LogP contribution in [0.3, 0.4) is 0 Å². The molecule has 4 nitrogen and oxygen atoms in total. The molecule has 2 fully saturated rings. The van der Waals surface area contributed by atoms with Crippen LogP contribution in [-0.4, -0.2) is 48.0 Å². The van der Waals surface area contributed by atoms with Gasteiger partial charge in [-0.3, -0.25) is 4.90 Å². The first kappa shape index (κ1) is 6.54. The third kappa shape index (κ3) is 0.932. The van der Waals surface area contributed by atoms with Gasteiger partial charge in [0.25, 0.3) is 0 Å². The summed E-state index contributed by atoms with van der Waals surface area (Å²) < 4.78 is 0. The first-order valence-corrected chi connectivity index (χ1v) is 3.82. The molecule has 0 aromatic carbocycles. The van der Waals surface area contributed by atoms with E-state index in [-0.39, 0.29) is 0 Å². The van der Waals surface area contributed by atoms with Crippen molar-refractivity contribution >= 4 is 0 Å². The Morgan fingerprint density at radius 1 is 1.10 bits per heavy atom. The van der Waals surface area contributed by atoms with Gasteiger partial charge in [0.05, 0.1) is 13.3 Å². The van der Waals surface area contributed by atoms with Crippen LogP contribution in [0.25, 0.3) is 0 Å². The third-order valence-electron chi connectivity index (χ3n) is 2.22. The number of hydrogen-bond acceptors (Lipinski definition) is 4. The number of hydrogen-bond donors (Lipinski definition) is 1. The molecule has 2 rings (SSSR count). The van der Waals surface area contributed by atoms with Crippen LogP contribution in [0.4, 0.5) is 0 Å². The van der Waals surface area contributed by atoms with Crippen LogP contribution in [0.5, 0.6) is 0 Å². The smallest absolute Gasteiger partial charge is 0.0671 e. The van der Waals surface area contributed by atoms with Crippen molar-refractivity contribution in [2.75, 3.05) is 33.1 Å². The molecule has 10 heavy (non-hydrogen) atoms. The lowest BCUT2D eigenvalue weighted by Crippen LogP contribution is -2.30. The van der Waals surface area contributed by atoms with Gasteiger partial charge in [-0.25, -0.2) is 10.0 Å². The Morgan fingerprint density at radius 3 is 2.20 bits per heavy atom. The molecule has 0 saturated carbocycles. The molecule has 58 valence electrons. The van der Waals surface area contributed by atoms with Gasteiger partial charge in [-0.2, -0.15) is 0 Å². The molecule has 0 radical (unpaired) electrons. The zero-order valence-electron chi connectivity index (χ0n) is 6.16. The summed E-state index contributed by atoms with van der Waals surface area (Å²) in [4.78, 5) is 2.24. The van der Waals surface area contributed by atoms with Crippen LogP contribution >= 0.6 is 0 Å². The van der Waals surface area contributed by atoms with E-state index in [1.807, 2.05) is 0 Å². The van der Waals surface area contributed by atoms with E-state index in [0.717, 1.165) is 13.3 Å². The van der Waals surface area contributed by atoms with Gasteiger partial charge in [0.15, 0.2) is 0 Å². The van der Waals surface area contributed by atoms with Crippen LogP contribution in [0.1, 0.15) is 6.42 Å². The van der Waals surface area contributed by atoms with E-state index in [2.05, 4.69) is 14.9 Å². The molecule has 2 N–H and O–H groups in total. The highest BCUT2D eigenvalue weighted by molar-refractivity contribution is 4.72. The van der Waals surface area contributed by atoms with Gasteiger partial charge in [-0.1, -0.05) is 0 Å². The van der Waals surface area contributed by atoms with E-state index in [1.165, 1.54) is 19.5 Å². The summed E-state index contributed by atoms with van der Waals surface area (Å²) in [6, 6.07) is 0. The third-order valence-corrected chi connectivity index (χ3v) is 2.22. The lowest BCUT2D eigenvalue weighted by atomic mass is 10.4. The summed E-state index contributed by atoms with van der Waals surface area (Å²) in [6.45, 7) is 5.20. The van der Waals surface area contributed by atoms with Crippen molar-refractivity contribution in [3.05, 3.63) is 0 Å². The minimum absolute atomic E-state index is 0.688. The Bertz CT molecular complexity index is 115. The van der Waals surface area contributed by atoms with Crippen molar-refractivity contribution in [2.24, 2.45) is 5.73 Å². The highest BCUT2D eigenvalue weighted by Crippen LogP contribution is 2.16. The number of nitrogens with zero attached hydrogens (tertiary/aromatic N) is 3. The number of fused-ring (bicyclic) bond motifs is 1. The van der Waals surface area contributed by atoms with Gasteiger partial charge in [0.2, 0.25) is 0 Å². The van der Waals surface area contributed by atoms with E-state index in [1.54, 1.807) is 0 Å². The molecule has 0 aliphatic carbocycles. The monoisotopic (exact) mass is 142 g/mol. The first-order valence-electron chi connectivity index (χ1n) is 3.82. The fourth-order valence-corrected chi connectivity index (χ4v) is 1.66. The molecule has 2 aliphatic heterocycles. The zero-order chi connectivity index (χ0) is 6.97. The van der Waals surface area contributed by atoms with Gasteiger partial charge >= 0.3 is 0 Å². The topological polar surface area (TPSA) is 35.7 Å². The van der Waals surface area contributed by atoms with Gasteiger partial charge in [-0.05, 0) is 6.42 Å². The molecule has 0 spiro atoms. The molecule has 0 atom stereocenters. The minimum atomic E-state index is 0.688. The van der Waals surface area contributed by atoms with Gasteiger partial charge in [-0.15, -0.1) is 0 Å². The Labute approximate surface area is 61.1 Å². The Morgan fingerprint density at radius 2 is 1.70 bits per heavy atom. The lowest BCUT2D eigenvalue weighted by molar-refractivity contribution is 0.0894. The summed E-state index contributed by atoms with van der Waals surface area (Å²) in [5.74, 6) is 0. The van der Waals surface area contributed by atoms with Crippen molar-refractivity contribution in [3.8, 4) is 0 Å². The van der Waals surface area contributed by atoms with Crippen LogP contribution in [0.2, 0.25) is 0 Å². The van der Waals surface area contributed by atoms with Gasteiger partial charge in [0.1, 0.15) is 0 Å². The van der Waals surface area contributed by atoms with Crippen LogP contribution < -0.4 is 5.73 Å². The fourth-order valence-electron chi connectivity index (χ4n) is 1.66. The summed E-state index contributed by atoms with van der Waals surface area (Å²) in [7, 11) is 0. The Balaban J connectivity index is 1.94. The molecule has 0 amide bonds. The second-order valence-electron chi connectivity index (χ2n) is 2.95. The average Bonchev–Trinajstić information content (AvgIpc) is 2.42. The van der Waals surface area contributed by atoms with Crippen LogP contribution in [0, 0.1) is 0 Å². The average molecular weight is 142 g/mol. The summed E-state index contributed by atoms with van der Waals surface area (Å²) in [5, 5.41) is 4.74. The second-order valence-corrected chi connectivity index (χ2v) is 2.95. The summed E-state index contributed by atoms with van der Waals surface area (Å²) >= 11 is 0. The molecular formula is C6H14N4. The van der Waals surface area contributed by atoms with E-state index >= 15 is 0 Å². The fraction of sp³-hybridized carbons (Fsp3) is 1.00. The molecule has 0 aromatic heterocycles. The quantitative estimate of drug-likeness (QED) is 0.512. The lowest BCUT2D eigenvalue weighted by Gasteiger charge is -2.14. The molecule has 0 bridgehead atoms. The normalized spacial score (nSPS) is 29.7. The summed E-state index contributed by atoms with van der Waals surface area (Å²) in [6.07, 6.45) is 1.32. The van der Waals surface area contributed by atoms with Crippen LogP contribution in [0.15, 0.2) is 0 Å². The van der Waals surface area contributed by atoms with Crippen molar-refractivity contribution in [3.63, 3.8) is 0 Å². The first-order chi connectivity index (χ1) is 4.90. The van der Waals surface area contributed by atoms with Gasteiger partial charge in [0, 0.05) is 19.8 Å². The maximum atomic E-state index is 5.51. The maximum absolute atomic E-state index is 5.51. The molecule has 4 heteroatoms. The summed E-state index contributed by atoms with van der Waals surface area (Å²) in [5.41, 5.74) is 5.51. The highest BCUT2D eigenvalue weighted by Gasteiger charge is 2.30. The zero-order valence-corrected chi connectivity index (χ0v) is 6.16. The molecule has 0 unspecified atom stereocenters. The Hall–Kier alpha value is -0.160. The van der Waals surface area contributed by atoms with Crippen LogP contribution in [-0.2, 0) is 0 Å². The Kier molecular flexibility index (Phi) is 1.61. The van der Waals surface area contributed by atoms with E-state index in [4.69, 9.17) is 5.73 Å². The van der Waals surface area contributed by atoms with E-state index in [0.29, 0.717) is 6.67 Å². The number of nitrogens with two attached hydrogens (primary N) is 1. The standard InChI is InChI=1S/C6H14N4/c7-4-8-5-9-2-1-3-10(9)6-8/h1-7H2. The van der Waals surface area contributed by atoms with Crippen molar-refractivity contribution in [1.29, 1.82) is 0 Å². The van der Waals surface area contributed by atoms with E-state index in [9.17, 15) is 0 Å². The largest absolute Gasteiger partial charge is 0.318 e. The predicted molar refractivity (Wildman–Crippen MR) is 38.7 cm³/mol. The molecule has 2 saturated heterocycles. The van der Waals surface area contributed by atoms with Crippen molar-refractivity contribution < 1.29 is 0 Å². The molecule has 2 aliphatic rings. The highest BCUT2D eigenvalue weighted by atomic mass is 15.8. The second kappa shape index (κ2) is 2.47. The van der Waals surface area contributed by atoms with Gasteiger partial charge < -0.3 is 5.73 Å². The molecule has 0 aromatic rings. The van der Waals surface area contributed by atoms with Crippen molar-refractivity contribution in [2.45, 2.75) is 6.42 Å². The van der Waals surface area contributed by atoms with Crippen molar-refractivity contribution in [1.82, 2.24) is 14.9 Å². The predicted octanol–water partition coefficient (Wildman–Crippen LogP) is -0.944. The number of rotatable bonds is 1. The van der Waals surface area contributed by atoms with E-state index < -0.39 is 0 Å². The molecule has 2 heterocycles.